The van der Waals surface area contributed by atoms with Gasteiger partial charge in [0.25, 0.3) is 0 Å². The predicted molar refractivity (Wildman–Crippen MR) is 123 cm³/mol. The Morgan fingerprint density at radius 2 is 1.71 bits per heavy atom. The molecule has 1 aliphatic rings. The molecule has 3 aromatic carbocycles. The van der Waals surface area contributed by atoms with Crippen molar-refractivity contribution in [3.63, 3.8) is 0 Å². The van der Waals surface area contributed by atoms with E-state index in [-0.39, 0.29) is 11.8 Å². The van der Waals surface area contributed by atoms with Crippen LogP contribution in [-0.4, -0.2) is 28.6 Å². The average Bonchev–Trinajstić information content (AvgIpc) is 3.36. The van der Waals surface area contributed by atoms with Crippen LogP contribution in [0, 0.1) is 6.92 Å². The van der Waals surface area contributed by atoms with E-state index in [1.807, 2.05) is 77.7 Å². The first-order valence-electron chi connectivity index (χ1n) is 10.7. The quantitative estimate of drug-likeness (QED) is 0.451. The minimum atomic E-state index is 0.0536. The number of ether oxygens (including phenoxy) is 1. The average molecular weight is 412 g/mol. The van der Waals surface area contributed by atoms with Gasteiger partial charge in [-0.05, 0) is 43.3 Å². The molecule has 5 heteroatoms. The van der Waals surface area contributed by atoms with Gasteiger partial charge in [-0.25, -0.2) is 4.98 Å². The van der Waals surface area contributed by atoms with Crippen molar-refractivity contribution in [1.82, 2.24) is 9.55 Å². The van der Waals surface area contributed by atoms with Crippen molar-refractivity contribution in [1.29, 1.82) is 0 Å². The zero-order valence-corrected chi connectivity index (χ0v) is 17.6. The molecular formula is C26H25N3O2. The first-order chi connectivity index (χ1) is 15.2. The molecule has 1 amide bonds. The molecule has 1 aromatic heterocycles. The van der Waals surface area contributed by atoms with Gasteiger partial charge >= 0.3 is 0 Å². The van der Waals surface area contributed by atoms with E-state index < -0.39 is 0 Å². The van der Waals surface area contributed by atoms with Gasteiger partial charge in [0.15, 0.2) is 0 Å². The first-order valence-corrected chi connectivity index (χ1v) is 10.7. The number of amides is 1. The summed E-state index contributed by atoms with van der Waals surface area (Å²) < 4.78 is 8.16. The van der Waals surface area contributed by atoms with E-state index in [4.69, 9.17) is 9.72 Å². The molecule has 0 aliphatic carbocycles. The van der Waals surface area contributed by atoms with Gasteiger partial charge in [0, 0.05) is 24.6 Å². The van der Waals surface area contributed by atoms with Crippen LogP contribution in [0.1, 0.15) is 23.7 Å². The number of aromatic nitrogens is 2. The highest BCUT2D eigenvalue weighted by molar-refractivity contribution is 5.96. The van der Waals surface area contributed by atoms with E-state index in [1.54, 1.807) is 0 Å². The number of para-hydroxylation sites is 3. The van der Waals surface area contributed by atoms with Crippen LogP contribution in [0.2, 0.25) is 0 Å². The number of carbonyl (C=O) groups is 1. The van der Waals surface area contributed by atoms with E-state index in [0.717, 1.165) is 28.3 Å². The van der Waals surface area contributed by atoms with E-state index in [0.29, 0.717) is 26.1 Å². The summed E-state index contributed by atoms with van der Waals surface area (Å²) in [5.41, 5.74) is 4.18. The van der Waals surface area contributed by atoms with Gasteiger partial charge in [-0.15, -0.1) is 0 Å². The lowest BCUT2D eigenvalue weighted by Crippen LogP contribution is -2.24. The van der Waals surface area contributed by atoms with Gasteiger partial charge in [0.05, 0.1) is 17.6 Å². The fourth-order valence-electron chi connectivity index (χ4n) is 4.27. The lowest BCUT2D eigenvalue weighted by Gasteiger charge is -2.18. The van der Waals surface area contributed by atoms with Crippen molar-refractivity contribution >= 4 is 22.6 Å². The molecular weight excluding hydrogens is 386 g/mol. The molecule has 4 aromatic rings. The second-order valence-electron chi connectivity index (χ2n) is 8.01. The number of fused-ring (bicyclic) bond motifs is 1. The molecule has 0 unspecified atom stereocenters. The molecule has 1 fully saturated rings. The highest BCUT2D eigenvalue weighted by Crippen LogP contribution is 2.33. The molecule has 0 N–H and O–H groups in total. The Labute approximate surface area is 181 Å². The molecule has 1 atom stereocenters. The Morgan fingerprint density at radius 3 is 2.52 bits per heavy atom. The maximum atomic E-state index is 12.8. The molecule has 0 radical (unpaired) electrons. The van der Waals surface area contributed by atoms with Gasteiger partial charge in [-0.3, -0.25) is 4.79 Å². The van der Waals surface area contributed by atoms with E-state index >= 15 is 0 Å². The lowest BCUT2D eigenvalue weighted by atomic mass is 10.1. The maximum Gasteiger partial charge on any atom is 0.227 e. The lowest BCUT2D eigenvalue weighted by molar-refractivity contribution is -0.117. The molecule has 156 valence electrons. The molecule has 1 saturated heterocycles. The van der Waals surface area contributed by atoms with Crippen molar-refractivity contribution in [2.24, 2.45) is 0 Å². The minimum absolute atomic E-state index is 0.0536. The Morgan fingerprint density at radius 1 is 0.968 bits per heavy atom. The fraction of sp³-hybridized carbons (Fsp3) is 0.231. The number of rotatable bonds is 6. The number of anilines is 1. The number of carbonyl (C=O) groups excluding carboxylic acids is 1. The number of benzene rings is 3. The fourth-order valence-corrected chi connectivity index (χ4v) is 4.27. The number of aryl methyl sites for hydroxylation is 1. The van der Waals surface area contributed by atoms with Crippen LogP contribution in [0.4, 0.5) is 5.69 Å². The molecule has 2 heterocycles. The molecule has 0 saturated carbocycles. The van der Waals surface area contributed by atoms with Crippen molar-refractivity contribution < 1.29 is 9.53 Å². The highest BCUT2D eigenvalue weighted by atomic mass is 16.5. The van der Waals surface area contributed by atoms with Gasteiger partial charge in [-0.2, -0.15) is 0 Å². The number of hydrogen-bond donors (Lipinski definition) is 0. The molecule has 5 rings (SSSR count). The highest BCUT2D eigenvalue weighted by Gasteiger charge is 2.34. The molecule has 0 spiro atoms. The molecule has 1 aliphatic heterocycles. The van der Waals surface area contributed by atoms with Crippen LogP contribution < -0.4 is 9.64 Å². The third kappa shape index (κ3) is 3.91. The van der Waals surface area contributed by atoms with Gasteiger partial charge in [0.2, 0.25) is 5.91 Å². The predicted octanol–water partition coefficient (Wildman–Crippen LogP) is 4.94. The normalized spacial score (nSPS) is 16.2. The van der Waals surface area contributed by atoms with E-state index in [1.165, 1.54) is 5.56 Å². The summed E-state index contributed by atoms with van der Waals surface area (Å²) in [6.07, 6.45) is 0.469. The van der Waals surface area contributed by atoms with Crippen molar-refractivity contribution in [2.75, 3.05) is 18.1 Å². The smallest absolute Gasteiger partial charge is 0.227 e. The van der Waals surface area contributed by atoms with Crippen LogP contribution in [-0.2, 0) is 11.3 Å². The van der Waals surface area contributed by atoms with Gasteiger partial charge < -0.3 is 14.2 Å². The summed E-state index contributed by atoms with van der Waals surface area (Å²) in [5, 5.41) is 0. The summed E-state index contributed by atoms with van der Waals surface area (Å²) in [6.45, 7) is 3.92. The number of imidazole rings is 1. The summed E-state index contributed by atoms with van der Waals surface area (Å²) in [4.78, 5) is 19.6. The van der Waals surface area contributed by atoms with Crippen LogP contribution in [0.15, 0.2) is 78.9 Å². The maximum absolute atomic E-state index is 12.8. The Balaban J connectivity index is 1.40. The first kappa shape index (κ1) is 19.4. The third-order valence-corrected chi connectivity index (χ3v) is 5.85. The SMILES string of the molecule is Cc1ccc(N2C[C@@H](c3nc4ccccc4n3CCOc3ccccc3)CC2=O)cc1. The Kier molecular flexibility index (Phi) is 5.16. The molecule has 31 heavy (non-hydrogen) atoms. The van der Waals surface area contributed by atoms with Crippen molar-refractivity contribution in [3.05, 3.63) is 90.3 Å². The summed E-state index contributed by atoms with van der Waals surface area (Å²) in [6, 6.07) is 26.1. The number of hydrogen-bond acceptors (Lipinski definition) is 3. The zero-order valence-electron chi connectivity index (χ0n) is 17.6. The minimum Gasteiger partial charge on any atom is -0.492 e. The Hall–Kier alpha value is -3.60. The zero-order chi connectivity index (χ0) is 21.2. The Bertz CT molecular complexity index is 1200. The monoisotopic (exact) mass is 411 g/mol. The summed E-state index contributed by atoms with van der Waals surface area (Å²) in [7, 11) is 0. The second-order valence-corrected chi connectivity index (χ2v) is 8.01. The third-order valence-electron chi connectivity index (χ3n) is 5.85. The second kappa shape index (κ2) is 8.26. The van der Waals surface area contributed by atoms with E-state index in [2.05, 4.69) is 17.6 Å². The van der Waals surface area contributed by atoms with Gasteiger partial charge in [0.1, 0.15) is 18.2 Å². The van der Waals surface area contributed by atoms with Crippen LogP contribution in [0.5, 0.6) is 5.75 Å². The molecule has 5 nitrogen and oxygen atoms in total. The van der Waals surface area contributed by atoms with Crippen molar-refractivity contribution in [2.45, 2.75) is 25.8 Å². The van der Waals surface area contributed by atoms with Gasteiger partial charge in [-0.1, -0.05) is 48.0 Å². The van der Waals surface area contributed by atoms with Crippen LogP contribution >= 0.6 is 0 Å². The largest absolute Gasteiger partial charge is 0.492 e. The van der Waals surface area contributed by atoms with E-state index in [9.17, 15) is 4.79 Å². The van der Waals surface area contributed by atoms with Crippen molar-refractivity contribution in [3.8, 4) is 5.75 Å². The van der Waals surface area contributed by atoms with Crippen LogP contribution in [0.3, 0.4) is 0 Å². The topological polar surface area (TPSA) is 47.4 Å². The summed E-state index contributed by atoms with van der Waals surface area (Å²) >= 11 is 0. The molecule has 0 bridgehead atoms. The van der Waals surface area contributed by atoms with Crippen LogP contribution in [0.25, 0.3) is 11.0 Å². The standard InChI is InChI=1S/C26H25N3O2/c1-19-11-13-21(14-12-19)29-18-20(17-25(29)30)26-27-23-9-5-6-10-24(23)28(26)15-16-31-22-7-3-2-4-8-22/h2-14,20H,15-18H2,1H3/t20-/m0/s1. The summed E-state index contributed by atoms with van der Waals surface area (Å²) in [5.74, 6) is 2.02. The number of nitrogens with zero attached hydrogens (tertiary/aromatic N) is 3.